The van der Waals surface area contributed by atoms with E-state index in [0.29, 0.717) is 66.8 Å². The van der Waals surface area contributed by atoms with Crippen molar-refractivity contribution >= 4 is 48.2 Å². The van der Waals surface area contributed by atoms with Gasteiger partial charge in [-0.1, -0.05) is 194 Å². The minimum absolute atomic E-state index is 0.304. The van der Waals surface area contributed by atoms with Crippen molar-refractivity contribution in [1.29, 1.82) is 21.0 Å². The molecule has 0 aliphatic heterocycles. The first kappa shape index (κ1) is 55.8. The first-order valence-corrected chi connectivity index (χ1v) is 25.4. The Kier molecular flexibility index (Phi) is 19.0. The predicted octanol–water partition coefficient (Wildman–Crippen LogP) is 13.2. The second-order valence-corrected chi connectivity index (χ2v) is 18.3. The summed E-state index contributed by atoms with van der Waals surface area (Å²) in [5, 5.41) is 40.9. The summed E-state index contributed by atoms with van der Waals surface area (Å²) < 4.78 is 23.3. The highest BCUT2D eigenvalue weighted by atomic mass is 16.6. The van der Waals surface area contributed by atoms with Gasteiger partial charge in [0.25, 0.3) is 0 Å². The molecule has 0 amide bonds. The van der Waals surface area contributed by atoms with E-state index in [0.717, 1.165) is 46.6 Å². The number of ether oxygens (including phenoxy) is 4. The minimum Gasteiger partial charge on any atom is -0.462 e. The van der Waals surface area contributed by atoms with Gasteiger partial charge < -0.3 is 18.9 Å². The smallest absolute Gasteiger partial charge is 0.330 e. The molecule has 81 heavy (non-hydrogen) atoms. The Morgan fingerprint density at radius 3 is 0.716 bits per heavy atom. The number of nitrogens with zero attached hydrogens (tertiary/aromatic N) is 4. The van der Waals surface area contributed by atoms with Crippen molar-refractivity contribution < 1.29 is 38.1 Å². The Labute approximate surface area is 468 Å². The molecule has 12 heteroatoms. The van der Waals surface area contributed by atoms with Crippen molar-refractivity contribution in [3.63, 3.8) is 0 Å². The van der Waals surface area contributed by atoms with Gasteiger partial charge in [-0.3, -0.25) is 0 Å². The maximum atomic E-state index is 13.8. The number of carbonyl (C=O) groups is 4. The molecule has 0 aromatic heterocycles. The molecule has 0 bridgehead atoms. The average molecular weight is 1060 g/mol. The average Bonchev–Trinajstić information content (AvgIpc) is 3.53. The molecule has 0 aliphatic rings. The molecule has 0 radical (unpaired) electrons. The Morgan fingerprint density at radius 1 is 0.309 bits per heavy atom. The van der Waals surface area contributed by atoms with Crippen LogP contribution in [-0.4, -0.2) is 50.3 Å². The predicted molar refractivity (Wildman–Crippen MR) is 309 cm³/mol. The fourth-order valence-corrected chi connectivity index (χ4v) is 8.74. The molecule has 0 saturated heterocycles. The van der Waals surface area contributed by atoms with Crippen molar-refractivity contribution in [2.75, 3.05) is 26.4 Å². The van der Waals surface area contributed by atoms with E-state index in [1.54, 1.807) is 72.8 Å². The normalized spacial score (nSPS) is 11.7. The quantitative estimate of drug-likeness (QED) is 0.0398. The summed E-state index contributed by atoms with van der Waals surface area (Å²) in [5.74, 6) is -3.65. The van der Waals surface area contributed by atoms with Crippen LogP contribution in [0.1, 0.15) is 44.5 Å². The fourth-order valence-electron chi connectivity index (χ4n) is 8.74. The van der Waals surface area contributed by atoms with Gasteiger partial charge in [0, 0.05) is 46.6 Å². The molecule has 0 unspecified atom stereocenters. The zero-order valence-electron chi connectivity index (χ0n) is 43.5. The van der Waals surface area contributed by atoms with Gasteiger partial charge in [0.1, 0.15) is 56.1 Å². The molecule has 0 spiro atoms. The Bertz CT molecular complexity index is 3380. The van der Waals surface area contributed by atoms with Gasteiger partial charge in [0.05, 0.1) is 22.3 Å². The molecule has 0 heterocycles. The number of nitriles is 4. The highest BCUT2D eigenvalue weighted by molar-refractivity contribution is 5.92. The van der Waals surface area contributed by atoms with Crippen LogP contribution < -0.4 is 0 Å². The first-order valence-electron chi connectivity index (χ1n) is 25.4. The van der Waals surface area contributed by atoms with Crippen LogP contribution in [0.15, 0.2) is 218 Å². The van der Waals surface area contributed by atoms with Crippen molar-refractivity contribution in [2.24, 2.45) is 5.41 Å². The fraction of sp³-hybridized carbons (Fsp3) is 0.0725. The van der Waals surface area contributed by atoms with Crippen LogP contribution in [-0.2, 0) is 38.1 Å². The van der Waals surface area contributed by atoms with E-state index in [-0.39, 0.29) is 0 Å². The summed E-state index contributed by atoms with van der Waals surface area (Å²) >= 11 is 0. The topological polar surface area (TPSA) is 200 Å². The van der Waals surface area contributed by atoms with Crippen molar-refractivity contribution in [3.8, 4) is 68.8 Å². The Balaban J connectivity index is 1.10. The van der Waals surface area contributed by atoms with Crippen LogP contribution in [0.25, 0.3) is 68.8 Å². The van der Waals surface area contributed by atoms with Crippen molar-refractivity contribution in [3.05, 3.63) is 263 Å². The van der Waals surface area contributed by atoms with Gasteiger partial charge >= 0.3 is 23.9 Å². The summed E-state index contributed by atoms with van der Waals surface area (Å²) in [6, 6.07) is 66.8. The lowest BCUT2D eigenvalue weighted by Crippen LogP contribution is -2.43. The lowest BCUT2D eigenvalue weighted by Gasteiger charge is -2.31. The van der Waals surface area contributed by atoms with Crippen molar-refractivity contribution in [2.45, 2.75) is 0 Å². The highest BCUT2D eigenvalue weighted by Crippen LogP contribution is 2.31. The van der Waals surface area contributed by atoms with Gasteiger partial charge in [-0.25, -0.2) is 19.2 Å². The Hall–Kier alpha value is -11.4. The third-order valence-electron chi connectivity index (χ3n) is 12.9. The number of carbonyl (C=O) groups excluding carboxylic acids is 4. The molecular weight excluding hydrogens is 1010 g/mol. The van der Waals surface area contributed by atoms with E-state index in [1.807, 2.05) is 121 Å². The second kappa shape index (κ2) is 27.6. The molecular formula is C69H48N4O8. The van der Waals surface area contributed by atoms with E-state index in [9.17, 15) is 40.2 Å². The van der Waals surface area contributed by atoms with Crippen LogP contribution >= 0.6 is 0 Å². The molecule has 8 aromatic rings. The zero-order valence-corrected chi connectivity index (χ0v) is 43.5. The number of esters is 4. The minimum atomic E-state index is -1.80. The zero-order chi connectivity index (χ0) is 56.8. The molecule has 8 aromatic carbocycles. The summed E-state index contributed by atoms with van der Waals surface area (Å²) in [4.78, 5) is 55.0. The summed E-state index contributed by atoms with van der Waals surface area (Å²) in [7, 11) is 0. The van der Waals surface area contributed by atoms with E-state index < -0.39 is 55.7 Å². The van der Waals surface area contributed by atoms with Gasteiger partial charge in [-0.2, -0.15) is 21.0 Å². The van der Waals surface area contributed by atoms with Gasteiger partial charge in [0.15, 0.2) is 0 Å². The van der Waals surface area contributed by atoms with Crippen LogP contribution in [0.5, 0.6) is 0 Å². The largest absolute Gasteiger partial charge is 0.462 e. The molecule has 12 nitrogen and oxygen atoms in total. The van der Waals surface area contributed by atoms with E-state index in [1.165, 1.54) is 24.3 Å². The SMILES string of the molecule is N#Cc1c(C=CC(=O)OCC(COC(=O)C=Cc2cccc(-c3ccccc3)c2C#N)(COC(=O)C=Cc2cccc(-c3ccccc3)c2C#N)COC(=O)C=Cc2cccc(-c3ccccc3)c2C#N)cccc1-c1ccccc1. The molecule has 392 valence electrons. The standard InChI is InChI=1S/C69H48N4O8/c70-41-61-53(25-13-29-57(61)49-17-5-1-6-18-49)33-37-65(74)78-45-69(46-79-66(75)38-34-54-26-14-30-58(62(54)42-71)50-19-7-2-8-20-50,47-80-67(76)39-35-55-27-15-31-59(63(55)43-72)51-21-9-3-10-22-51)48-81-68(77)40-36-56-28-16-32-60(64(56)44-73)52-23-11-4-12-24-52/h1-40H,45-48H2. The van der Waals surface area contributed by atoms with Crippen LogP contribution in [0.3, 0.4) is 0 Å². The highest BCUT2D eigenvalue weighted by Gasteiger charge is 2.37. The van der Waals surface area contributed by atoms with Crippen LogP contribution in [0.2, 0.25) is 0 Å². The van der Waals surface area contributed by atoms with Gasteiger partial charge in [-0.15, -0.1) is 0 Å². The monoisotopic (exact) mass is 1060 g/mol. The number of rotatable bonds is 20. The second-order valence-electron chi connectivity index (χ2n) is 18.3. The van der Waals surface area contributed by atoms with Gasteiger partial charge in [-0.05, 0) is 68.8 Å². The van der Waals surface area contributed by atoms with E-state index in [2.05, 4.69) is 24.3 Å². The van der Waals surface area contributed by atoms with Gasteiger partial charge in [0.2, 0.25) is 0 Å². The molecule has 0 saturated carbocycles. The summed E-state index contributed by atoms with van der Waals surface area (Å²) in [6.45, 7) is -2.65. The third kappa shape index (κ3) is 14.5. The third-order valence-corrected chi connectivity index (χ3v) is 12.9. The lowest BCUT2D eigenvalue weighted by molar-refractivity contribution is -0.164. The summed E-state index contributed by atoms with van der Waals surface area (Å²) in [6.07, 6.45) is 10.1. The molecule has 0 aliphatic carbocycles. The Morgan fingerprint density at radius 2 is 0.519 bits per heavy atom. The molecule has 8 rings (SSSR count). The van der Waals surface area contributed by atoms with E-state index in [4.69, 9.17) is 18.9 Å². The van der Waals surface area contributed by atoms with Crippen LogP contribution in [0.4, 0.5) is 0 Å². The van der Waals surface area contributed by atoms with E-state index >= 15 is 0 Å². The van der Waals surface area contributed by atoms with Crippen molar-refractivity contribution in [1.82, 2.24) is 0 Å². The molecule has 0 fully saturated rings. The van der Waals surface area contributed by atoms with Crippen LogP contribution in [0, 0.1) is 50.7 Å². The molecule has 0 N–H and O–H groups in total. The lowest BCUT2D eigenvalue weighted by atomic mass is 9.92. The maximum absolute atomic E-state index is 13.8. The number of hydrogen-bond donors (Lipinski definition) is 0. The first-order chi connectivity index (χ1) is 39.6. The summed E-state index contributed by atoms with van der Waals surface area (Å²) in [5.41, 5.74) is 6.81. The molecule has 0 atom stereocenters. The maximum Gasteiger partial charge on any atom is 0.330 e. The number of benzene rings is 8. The number of hydrogen-bond acceptors (Lipinski definition) is 12.